The fourth-order valence-corrected chi connectivity index (χ4v) is 5.13. The molecule has 0 aliphatic heterocycles. The Hall–Kier alpha value is 0.495. The highest BCUT2D eigenvalue weighted by Gasteiger charge is 2.38. The lowest BCUT2D eigenvalue weighted by Gasteiger charge is -2.46. The van der Waals surface area contributed by atoms with Gasteiger partial charge in [-0.25, -0.2) is 0 Å². The minimum Gasteiger partial charge on any atom is -0.119 e. The van der Waals surface area contributed by atoms with Gasteiger partial charge in [0.25, 0.3) is 0 Å². The average molecular weight is 210 g/mol. The van der Waals surface area contributed by atoms with E-state index in [1.807, 2.05) is 0 Å². The standard InChI is InChI=1S/C12H24BP/c1-10(2,3)14-12(13)8-6-7-11(4,5)9-12/h14H,6-9H2,1-5H3. The molecular formula is C12H24BP. The number of rotatable bonds is 1. The van der Waals surface area contributed by atoms with E-state index in [2.05, 4.69) is 34.6 Å². The summed E-state index contributed by atoms with van der Waals surface area (Å²) in [5, 5.41) is 0.516. The maximum atomic E-state index is 6.53. The number of hydrogen-bond acceptors (Lipinski definition) is 0. The van der Waals surface area contributed by atoms with Crippen LogP contribution in [0.15, 0.2) is 0 Å². The van der Waals surface area contributed by atoms with E-state index in [1.54, 1.807) is 0 Å². The van der Waals surface area contributed by atoms with Crippen molar-refractivity contribution < 1.29 is 0 Å². The quantitative estimate of drug-likeness (QED) is 0.454. The van der Waals surface area contributed by atoms with Crippen LogP contribution in [0, 0.1) is 5.41 Å². The normalized spacial score (nSPS) is 33.8. The molecule has 1 rings (SSSR count). The van der Waals surface area contributed by atoms with Gasteiger partial charge in [0, 0.05) is 0 Å². The minimum atomic E-state index is 0.125. The van der Waals surface area contributed by atoms with Gasteiger partial charge >= 0.3 is 0 Å². The van der Waals surface area contributed by atoms with Crippen LogP contribution in [0.4, 0.5) is 0 Å². The Morgan fingerprint density at radius 2 is 1.71 bits per heavy atom. The van der Waals surface area contributed by atoms with E-state index in [1.165, 1.54) is 25.7 Å². The largest absolute Gasteiger partial charge is 0.119 e. The van der Waals surface area contributed by atoms with Crippen molar-refractivity contribution in [1.82, 2.24) is 0 Å². The lowest BCUT2D eigenvalue weighted by Crippen LogP contribution is -2.38. The van der Waals surface area contributed by atoms with Gasteiger partial charge in [0.1, 0.15) is 0 Å². The first kappa shape index (κ1) is 12.6. The van der Waals surface area contributed by atoms with Crippen molar-refractivity contribution in [2.75, 3.05) is 0 Å². The SMILES string of the molecule is [B]C1(PC(C)(C)C)CCCC(C)(C)C1. The highest BCUT2D eigenvalue weighted by atomic mass is 31.1. The van der Waals surface area contributed by atoms with Crippen molar-refractivity contribution in [2.24, 2.45) is 5.41 Å². The van der Waals surface area contributed by atoms with E-state index >= 15 is 0 Å². The van der Waals surface area contributed by atoms with Crippen LogP contribution in [0.25, 0.3) is 0 Å². The zero-order valence-electron chi connectivity index (χ0n) is 10.4. The maximum Gasteiger partial charge on any atom is 0.0806 e. The van der Waals surface area contributed by atoms with Crippen molar-refractivity contribution in [3.63, 3.8) is 0 Å². The molecule has 14 heavy (non-hydrogen) atoms. The molecule has 1 aliphatic carbocycles. The second kappa shape index (κ2) is 3.82. The molecule has 80 valence electrons. The smallest absolute Gasteiger partial charge is 0.0806 e. The third kappa shape index (κ3) is 3.93. The Kier molecular flexibility index (Phi) is 3.43. The van der Waals surface area contributed by atoms with Crippen molar-refractivity contribution in [2.45, 2.75) is 70.5 Å². The van der Waals surface area contributed by atoms with Gasteiger partial charge in [0.2, 0.25) is 0 Å². The molecule has 0 bridgehead atoms. The monoisotopic (exact) mass is 210 g/mol. The number of hydrogen-bond donors (Lipinski definition) is 0. The van der Waals surface area contributed by atoms with Crippen molar-refractivity contribution in [1.29, 1.82) is 0 Å². The van der Waals surface area contributed by atoms with Crippen molar-refractivity contribution >= 4 is 16.4 Å². The van der Waals surface area contributed by atoms with Crippen LogP contribution in [0.1, 0.15) is 60.3 Å². The summed E-state index contributed by atoms with van der Waals surface area (Å²) >= 11 is 0. The summed E-state index contributed by atoms with van der Waals surface area (Å²) in [4.78, 5) is 0. The molecule has 1 aliphatic rings. The van der Waals surface area contributed by atoms with Crippen LogP contribution in [0.2, 0.25) is 0 Å². The average Bonchev–Trinajstić information content (AvgIpc) is 1.75. The summed E-state index contributed by atoms with van der Waals surface area (Å²) < 4.78 is 0. The Bertz CT molecular complexity index is 201. The van der Waals surface area contributed by atoms with Crippen molar-refractivity contribution in [3.8, 4) is 0 Å². The fraction of sp³-hybridized carbons (Fsp3) is 1.00. The van der Waals surface area contributed by atoms with Crippen molar-refractivity contribution in [3.05, 3.63) is 0 Å². The van der Waals surface area contributed by atoms with Crippen LogP contribution in [-0.2, 0) is 0 Å². The molecule has 0 spiro atoms. The van der Waals surface area contributed by atoms with E-state index in [9.17, 15) is 0 Å². The molecule has 2 atom stereocenters. The summed E-state index contributed by atoms with van der Waals surface area (Å²) in [7, 11) is 7.42. The first-order valence-electron chi connectivity index (χ1n) is 5.70. The molecule has 0 aromatic carbocycles. The predicted octanol–water partition coefficient (Wildman–Crippen LogP) is 3.93. The summed E-state index contributed by atoms with van der Waals surface area (Å²) in [5.41, 5.74) is 0.464. The lowest BCUT2D eigenvalue weighted by atomic mass is 9.64. The molecule has 0 aromatic rings. The summed E-state index contributed by atoms with van der Waals surface area (Å²) in [5.74, 6) is 0. The zero-order valence-corrected chi connectivity index (χ0v) is 11.4. The van der Waals surface area contributed by atoms with Gasteiger partial charge in [-0.2, -0.15) is 0 Å². The third-order valence-corrected chi connectivity index (χ3v) is 4.57. The van der Waals surface area contributed by atoms with Gasteiger partial charge in [0.15, 0.2) is 0 Å². The molecule has 1 fully saturated rings. The molecular weight excluding hydrogens is 186 g/mol. The van der Waals surface area contributed by atoms with Crippen LogP contribution >= 0.6 is 8.58 Å². The van der Waals surface area contributed by atoms with Gasteiger partial charge in [-0.05, 0) is 28.5 Å². The minimum absolute atomic E-state index is 0.125. The predicted molar refractivity (Wildman–Crippen MR) is 68.8 cm³/mol. The second-order valence-electron chi connectivity index (χ2n) is 6.73. The maximum absolute atomic E-state index is 6.53. The Balaban J connectivity index is 2.65. The molecule has 0 aromatic heterocycles. The van der Waals surface area contributed by atoms with Crippen LogP contribution < -0.4 is 0 Å². The molecule has 0 saturated heterocycles. The summed E-state index contributed by atoms with van der Waals surface area (Å²) in [6.07, 6.45) is 5.09. The van der Waals surface area contributed by atoms with Gasteiger partial charge in [-0.15, -0.1) is 8.58 Å². The van der Waals surface area contributed by atoms with Gasteiger partial charge < -0.3 is 0 Å². The second-order valence-corrected chi connectivity index (χ2v) is 9.47. The van der Waals surface area contributed by atoms with Crippen LogP contribution in [0.3, 0.4) is 0 Å². The van der Waals surface area contributed by atoms with E-state index in [0.717, 1.165) is 8.58 Å². The van der Waals surface area contributed by atoms with E-state index in [4.69, 9.17) is 7.85 Å². The third-order valence-electron chi connectivity index (χ3n) is 2.89. The molecule has 0 N–H and O–H groups in total. The van der Waals surface area contributed by atoms with E-state index < -0.39 is 0 Å². The highest BCUT2D eigenvalue weighted by molar-refractivity contribution is 7.44. The first-order chi connectivity index (χ1) is 6.12. The van der Waals surface area contributed by atoms with Gasteiger partial charge in [-0.3, -0.25) is 0 Å². The van der Waals surface area contributed by atoms with E-state index in [0.29, 0.717) is 10.6 Å². The molecule has 1 saturated carbocycles. The molecule has 2 unspecified atom stereocenters. The Morgan fingerprint density at radius 3 is 2.14 bits per heavy atom. The van der Waals surface area contributed by atoms with Gasteiger partial charge in [-0.1, -0.05) is 47.5 Å². The molecule has 0 amide bonds. The zero-order chi connectivity index (χ0) is 11.0. The van der Waals surface area contributed by atoms with Crippen LogP contribution in [0.5, 0.6) is 0 Å². The van der Waals surface area contributed by atoms with Gasteiger partial charge in [0.05, 0.1) is 7.85 Å². The highest BCUT2D eigenvalue weighted by Crippen LogP contribution is 2.53. The molecule has 0 heterocycles. The Labute approximate surface area is 92.8 Å². The summed E-state index contributed by atoms with van der Waals surface area (Å²) in [6.45, 7) is 11.6. The van der Waals surface area contributed by atoms with E-state index in [-0.39, 0.29) is 5.06 Å². The Morgan fingerprint density at radius 1 is 1.14 bits per heavy atom. The molecule has 2 radical (unpaired) electrons. The molecule has 2 heteroatoms. The summed E-state index contributed by atoms with van der Waals surface area (Å²) in [6, 6.07) is 0. The lowest BCUT2D eigenvalue weighted by molar-refractivity contribution is 0.234. The molecule has 0 nitrogen and oxygen atoms in total. The van der Waals surface area contributed by atoms with Crippen LogP contribution in [-0.4, -0.2) is 18.1 Å². The fourth-order valence-electron chi connectivity index (χ4n) is 2.77. The topological polar surface area (TPSA) is 0 Å². The first-order valence-corrected chi connectivity index (χ1v) is 6.70.